The number of anilines is 1. The Morgan fingerprint density at radius 1 is 1.53 bits per heavy atom. The third kappa shape index (κ3) is 3.25. The molecule has 1 aromatic heterocycles. The van der Waals surface area contributed by atoms with Crippen LogP contribution in [-0.4, -0.2) is 28.9 Å². The Morgan fingerprint density at radius 3 is 2.95 bits per heavy atom. The van der Waals surface area contributed by atoms with E-state index in [1.165, 1.54) is 0 Å². The number of likely N-dealkylation sites (tertiary alicyclic amines) is 1. The maximum atomic E-state index is 12.0. The molecule has 0 aromatic carbocycles. The molecule has 4 heteroatoms. The maximum Gasteiger partial charge on any atom is 0.223 e. The van der Waals surface area contributed by atoms with Crippen molar-refractivity contribution in [1.29, 1.82) is 0 Å². The summed E-state index contributed by atoms with van der Waals surface area (Å²) in [6.07, 6.45) is 2.47. The number of hydrogen-bond donors (Lipinski definition) is 1. The van der Waals surface area contributed by atoms with E-state index in [9.17, 15) is 4.79 Å². The summed E-state index contributed by atoms with van der Waals surface area (Å²) in [6.45, 7) is 8.81. The van der Waals surface area contributed by atoms with Gasteiger partial charge in [-0.15, -0.1) is 0 Å². The second-order valence-corrected chi connectivity index (χ2v) is 5.52. The Hall–Kier alpha value is -1.58. The Balaban J connectivity index is 2.07. The predicted octanol–water partition coefficient (Wildman–Crippen LogP) is 2.52. The minimum Gasteiger partial charge on any atom is -0.370 e. The number of pyridine rings is 1. The van der Waals surface area contributed by atoms with Crippen molar-refractivity contribution in [3.8, 4) is 0 Å². The lowest BCUT2D eigenvalue weighted by molar-refractivity contribution is -0.128. The topological polar surface area (TPSA) is 45.2 Å². The molecule has 2 heterocycles. The molecule has 1 aliphatic rings. The number of carbonyl (C=O) groups is 1. The quantitative estimate of drug-likeness (QED) is 0.886. The summed E-state index contributed by atoms with van der Waals surface area (Å²) in [5.74, 6) is 2.22. The highest BCUT2D eigenvalue weighted by Gasteiger charge is 2.31. The molecule has 0 aliphatic carbocycles. The van der Waals surface area contributed by atoms with Crippen LogP contribution in [0.2, 0.25) is 0 Å². The van der Waals surface area contributed by atoms with Crippen LogP contribution in [0.4, 0.5) is 5.82 Å². The SMILES string of the molecule is CCNc1ncccc1CN1CC(C(C)C)CC1=O. The van der Waals surface area contributed by atoms with Crippen molar-refractivity contribution in [3.05, 3.63) is 23.9 Å². The van der Waals surface area contributed by atoms with E-state index in [1.54, 1.807) is 6.20 Å². The van der Waals surface area contributed by atoms with Crippen LogP contribution in [0.15, 0.2) is 18.3 Å². The van der Waals surface area contributed by atoms with Crippen LogP contribution in [0.5, 0.6) is 0 Å². The van der Waals surface area contributed by atoms with E-state index < -0.39 is 0 Å². The number of aromatic nitrogens is 1. The molecule has 0 bridgehead atoms. The summed E-state index contributed by atoms with van der Waals surface area (Å²) in [6, 6.07) is 3.97. The van der Waals surface area contributed by atoms with Crippen molar-refractivity contribution < 1.29 is 4.79 Å². The Labute approximate surface area is 115 Å². The third-order valence-corrected chi connectivity index (χ3v) is 3.78. The molecular weight excluding hydrogens is 238 g/mol. The van der Waals surface area contributed by atoms with Gasteiger partial charge in [0.05, 0.1) is 0 Å². The normalized spacial score (nSPS) is 19.3. The van der Waals surface area contributed by atoms with Gasteiger partial charge in [-0.2, -0.15) is 0 Å². The first-order valence-electron chi connectivity index (χ1n) is 7.07. The summed E-state index contributed by atoms with van der Waals surface area (Å²) in [5, 5.41) is 3.25. The number of carbonyl (C=O) groups excluding carboxylic acids is 1. The zero-order chi connectivity index (χ0) is 13.8. The summed E-state index contributed by atoms with van der Waals surface area (Å²) in [4.78, 5) is 18.3. The molecule has 1 saturated heterocycles. The molecule has 0 saturated carbocycles. The Kier molecular flexibility index (Phi) is 4.40. The first-order valence-corrected chi connectivity index (χ1v) is 7.07. The van der Waals surface area contributed by atoms with Gasteiger partial charge in [-0.25, -0.2) is 4.98 Å². The van der Waals surface area contributed by atoms with E-state index in [1.807, 2.05) is 24.0 Å². The van der Waals surface area contributed by atoms with Gasteiger partial charge < -0.3 is 10.2 Å². The Morgan fingerprint density at radius 2 is 2.32 bits per heavy atom. The number of nitrogens with one attached hydrogen (secondary N) is 1. The van der Waals surface area contributed by atoms with Crippen LogP contribution in [0.1, 0.15) is 32.8 Å². The van der Waals surface area contributed by atoms with Crippen molar-refractivity contribution in [2.45, 2.75) is 33.7 Å². The fourth-order valence-corrected chi connectivity index (χ4v) is 2.50. The maximum absolute atomic E-state index is 12.0. The first-order chi connectivity index (χ1) is 9.11. The summed E-state index contributed by atoms with van der Waals surface area (Å²) >= 11 is 0. The molecule has 2 rings (SSSR count). The molecule has 104 valence electrons. The van der Waals surface area contributed by atoms with Crippen molar-refractivity contribution in [3.63, 3.8) is 0 Å². The van der Waals surface area contributed by atoms with Gasteiger partial charge in [0, 0.05) is 37.8 Å². The molecule has 1 aromatic rings. The van der Waals surface area contributed by atoms with Gasteiger partial charge in [-0.1, -0.05) is 19.9 Å². The van der Waals surface area contributed by atoms with Gasteiger partial charge in [-0.3, -0.25) is 4.79 Å². The van der Waals surface area contributed by atoms with Gasteiger partial charge in [-0.05, 0) is 24.8 Å². The average molecular weight is 261 g/mol. The fourth-order valence-electron chi connectivity index (χ4n) is 2.50. The van der Waals surface area contributed by atoms with Gasteiger partial charge in [0.25, 0.3) is 0 Å². The minimum absolute atomic E-state index is 0.269. The molecule has 0 radical (unpaired) electrons. The first kappa shape index (κ1) is 13.8. The molecule has 1 atom stereocenters. The lowest BCUT2D eigenvalue weighted by Crippen LogP contribution is -2.25. The molecule has 0 spiro atoms. The summed E-state index contributed by atoms with van der Waals surface area (Å²) < 4.78 is 0. The number of amides is 1. The highest BCUT2D eigenvalue weighted by atomic mass is 16.2. The van der Waals surface area contributed by atoms with E-state index >= 15 is 0 Å². The van der Waals surface area contributed by atoms with Gasteiger partial charge in [0.1, 0.15) is 5.82 Å². The monoisotopic (exact) mass is 261 g/mol. The lowest BCUT2D eigenvalue weighted by atomic mass is 9.95. The van der Waals surface area contributed by atoms with Gasteiger partial charge >= 0.3 is 0 Å². The second-order valence-electron chi connectivity index (χ2n) is 5.52. The molecular formula is C15H23N3O. The van der Waals surface area contributed by atoms with Crippen LogP contribution < -0.4 is 5.32 Å². The van der Waals surface area contributed by atoms with E-state index in [-0.39, 0.29) is 5.91 Å². The number of nitrogens with zero attached hydrogens (tertiary/aromatic N) is 2. The molecule has 1 aliphatic heterocycles. The summed E-state index contributed by atoms with van der Waals surface area (Å²) in [5.41, 5.74) is 1.10. The second kappa shape index (κ2) is 6.04. The molecule has 4 nitrogen and oxygen atoms in total. The number of rotatable bonds is 5. The highest BCUT2D eigenvalue weighted by molar-refractivity contribution is 5.78. The van der Waals surface area contributed by atoms with Crippen molar-refractivity contribution in [2.75, 3.05) is 18.4 Å². The smallest absolute Gasteiger partial charge is 0.223 e. The zero-order valence-corrected chi connectivity index (χ0v) is 12.0. The summed E-state index contributed by atoms with van der Waals surface area (Å²) in [7, 11) is 0. The number of hydrogen-bond acceptors (Lipinski definition) is 3. The van der Waals surface area contributed by atoms with Crippen molar-refractivity contribution in [2.24, 2.45) is 11.8 Å². The fraction of sp³-hybridized carbons (Fsp3) is 0.600. The minimum atomic E-state index is 0.269. The molecule has 1 amide bonds. The van der Waals surface area contributed by atoms with Gasteiger partial charge in [0.2, 0.25) is 5.91 Å². The molecule has 1 N–H and O–H groups in total. The lowest BCUT2D eigenvalue weighted by Gasteiger charge is -2.19. The standard InChI is InChI=1S/C15H23N3O/c1-4-16-15-12(6-5-7-17-15)9-18-10-13(11(2)3)8-14(18)19/h5-7,11,13H,4,8-10H2,1-3H3,(H,16,17). The van der Waals surface area contributed by atoms with Crippen LogP contribution in [0.3, 0.4) is 0 Å². The van der Waals surface area contributed by atoms with Crippen molar-refractivity contribution >= 4 is 11.7 Å². The van der Waals surface area contributed by atoms with Crippen LogP contribution in [0.25, 0.3) is 0 Å². The van der Waals surface area contributed by atoms with Crippen LogP contribution >= 0.6 is 0 Å². The molecule has 1 fully saturated rings. The van der Waals surface area contributed by atoms with E-state index in [4.69, 9.17) is 0 Å². The third-order valence-electron chi connectivity index (χ3n) is 3.78. The van der Waals surface area contributed by atoms with Crippen molar-refractivity contribution in [1.82, 2.24) is 9.88 Å². The Bertz CT molecular complexity index is 445. The van der Waals surface area contributed by atoms with E-state index in [0.29, 0.717) is 24.8 Å². The van der Waals surface area contributed by atoms with Gasteiger partial charge in [0.15, 0.2) is 0 Å². The van der Waals surface area contributed by atoms with Crippen LogP contribution in [0, 0.1) is 11.8 Å². The largest absolute Gasteiger partial charge is 0.370 e. The highest BCUT2D eigenvalue weighted by Crippen LogP contribution is 2.27. The van der Waals surface area contributed by atoms with E-state index in [2.05, 4.69) is 24.1 Å². The average Bonchev–Trinajstić information content (AvgIpc) is 2.74. The molecule has 1 unspecified atom stereocenters. The molecule has 19 heavy (non-hydrogen) atoms. The van der Waals surface area contributed by atoms with E-state index in [0.717, 1.165) is 24.5 Å². The van der Waals surface area contributed by atoms with Crippen LogP contribution in [-0.2, 0) is 11.3 Å². The zero-order valence-electron chi connectivity index (χ0n) is 12.0. The predicted molar refractivity (Wildman–Crippen MR) is 76.8 cm³/mol.